The monoisotopic (exact) mass is 318 g/mol. The van der Waals surface area contributed by atoms with E-state index < -0.39 is 12.4 Å². The van der Waals surface area contributed by atoms with Crippen LogP contribution >= 0.6 is 0 Å². The van der Waals surface area contributed by atoms with Crippen LogP contribution in [-0.2, 0) is 9.47 Å². The van der Waals surface area contributed by atoms with Crippen molar-refractivity contribution < 1.29 is 24.1 Å². The first-order valence-electron chi connectivity index (χ1n) is 7.20. The molecule has 5 heteroatoms. The van der Waals surface area contributed by atoms with Crippen molar-refractivity contribution in [2.45, 2.75) is 12.4 Å². The zero-order valence-corrected chi connectivity index (χ0v) is 13.8. The Hall–Kier alpha value is -2.08. The molecule has 1 atom stereocenters. The molecule has 0 fully saturated rings. The molecule has 0 saturated heterocycles. The van der Waals surface area contributed by atoms with E-state index in [1.54, 1.807) is 46.6 Å². The molecule has 0 aromatic heterocycles. The minimum absolute atomic E-state index is 0.541. The van der Waals surface area contributed by atoms with E-state index in [4.69, 9.17) is 18.9 Å². The van der Waals surface area contributed by atoms with E-state index in [1.165, 1.54) is 0 Å². The average molecular weight is 318 g/mol. The summed E-state index contributed by atoms with van der Waals surface area (Å²) in [5, 5.41) is 10.8. The molecule has 1 unspecified atom stereocenters. The summed E-state index contributed by atoms with van der Waals surface area (Å²) in [4.78, 5) is 0. The highest BCUT2D eigenvalue weighted by Crippen LogP contribution is 2.34. The van der Waals surface area contributed by atoms with Crippen molar-refractivity contribution in [2.75, 3.05) is 28.4 Å². The van der Waals surface area contributed by atoms with E-state index in [1.807, 2.05) is 24.3 Å². The van der Waals surface area contributed by atoms with Gasteiger partial charge in [0.25, 0.3) is 0 Å². The van der Waals surface area contributed by atoms with Crippen LogP contribution < -0.4 is 9.47 Å². The molecule has 2 aromatic rings. The second-order valence-electron chi connectivity index (χ2n) is 4.95. The summed E-state index contributed by atoms with van der Waals surface area (Å²) < 4.78 is 21.2. The van der Waals surface area contributed by atoms with Crippen molar-refractivity contribution in [3.05, 3.63) is 59.2 Å². The van der Waals surface area contributed by atoms with Gasteiger partial charge in [-0.05, 0) is 23.3 Å². The average Bonchev–Trinajstić information content (AvgIpc) is 2.62. The molecule has 0 amide bonds. The van der Waals surface area contributed by atoms with Crippen LogP contribution in [-0.4, -0.2) is 33.5 Å². The van der Waals surface area contributed by atoms with Gasteiger partial charge in [-0.3, -0.25) is 0 Å². The van der Waals surface area contributed by atoms with Crippen LogP contribution in [0.4, 0.5) is 0 Å². The number of benzene rings is 2. The number of ether oxygens (including phenoxy) is 4. The number of rotatable bonds is 7. The van der Waals surface area contributed by atoms with E-state index in [0.29, 0.717) is 22.6 Å². The van der Waals surface area contributed by atoms with Crippen LogP contribution in [0.1, 0.15) is 29.1 Å². The van der Waals surface area contributed by atoms with Gasteiger partial charge in [-0.25, -0.2) is 0 Å². The zero-order valence-electron chi connectivity index (χ0n) is 13.8. The largest absolute Gasteiger partial charge is 0.493 e. The fourth-order valence-electron chi connectivity index (χ4n) is 2.53. The number of hydrogen-bond donors (Lipinski definition) is 1. The molecule has 0 aliphatic heterocycles. The summed E-state index contributed by atoms with van der Waals surface area (Å²) >= 11 is 0. The van der Waals surface area contributed by atoms with E-state index in [0.717, 1.165) is 5.56 Å². The zero-order chi connectivity index (χ0) is 16.8. The predicted octanol–water partition coefficient (Wildman–Crippen LogP) is 3.08. The van der Waals surface area contributed by atoms with Crippen LogP contribution in [0, 0.1) is 0 Å². The summed E-state index contributed by atoms with van der Waals surface area (Å²) in [6.07, 6.45) is -1.38. The van der Waals surface area contributed by atoms with Crippen molar-refractivity contribution >= 4 is 0 Å². The predicted molar refractivity (Wildman–Crippen MR) is 86.8 cm³/mol. The van der Waals surface area contributed by atoms with E-state index in [-0.39, 0.29) is 0 Å². The molecule has 124 valence electrons. The topological polar surface area (TPSA) is 57.2 Å². The Morgan fingerprint density at radius 1 is 0.783 bits per heavy atom. The van der Waals surface area contributed by atoms with E-state index in [2.05, 4.69) is 0 Å². The van der Waals surface area contributed by atoms with Crippen molar-refractivity contribution in [2.24, 2.45) is 0 Å². The van der Waals surface area contributed by atoms with Crippen molar-refractivity contribution in [1.29, 1.82) is 0 Å². The van der Waals surface area contributed by atoms with Gasteiger partial charge in [-0.15, -0.1) is 0 Å². The SMILES string of the molecule is COc1ccc(C(O)c2ccccc2C(OC)OC)cc1OC. The van der Waals surface area contributed by atoms with Crippen molar-refractivity contribution in [3.63, 3.8) is 0 Å². The molecule has 2 aromatic carbocycles. The van der Waals surface area contributed by atoms with Crippen molar-refractivity contribution in [3.8, 4) is 11.5 Å². The summed E-state index contributed by atoms with van der Waals surface area (Å²) in [6, 6.07) is 12.8. The second kappa shape index (κ2) is 7.97. The molecule has 5 nitrogen and oxygen atoms in total. The minimum atomic E-state index is -0.834. The van der Waals surface area contributed by atoms with Gasteiger partial charge in [0.05, 0.1) is 14.2 Å². The Balaban J connectivity index is 2.43. The standard InChI is InChI=1S/C18H22O5/c1-20-15-10-9-12(11-16(15)21-2)17(19)13-7-5-6-8-14(13)18(22-3)23-4/h5-11,17-19H,1-4H3. The summed E-state index contributed by atoms with van der Waals surface area (Å²) in [7, 11) is 6.26. The van der Waals surface area contributed by atoms with Crippen LogP contribution in [0.3, 0.4) is 0 Å². The molecular formula is C18H22O5. The van der Waals surface area contributed by atoms with Gasteiger partial charge in [0.2, 0.25) is 0 Å². The van der Waals surface area contributed by atoms with E-state index in [9.17, 15) is 5.11 Å². The van der Waals surface area contributed by atoms with Gasteiger partial charge in [-0.2, -0.15) is 0 Å². The third kappa shape index (κ3) is 3.64. The Labute approximate surface area is 136 Å². The van der Waals surface area contributed by atoms with Gasteiger partial charge in [0, 0.05) is 19.8 Å². The van der Waals surface area contributed by atoms with Gasteiger partial charge in [0.1, 0.15) is 6.10 Å². The number of aliphatic hydroxyl groups is 1. The Bertz CT molecular complexity index is 637. The molecule has 0 bridgehead atoms. The Morgan fingerprint density at radius 3 is 1.96 bits per heavy atom. The third-order valence-corrected chi connectivity index (χ3v) is 3.70. The minimum Gasteiger partial charge on any atom is -0.493 e. The maximum absolute atomic E-state index is 10.8. The number of hydrogen-bond acceptors (Lipinski definition) is 5. The molecule has 0 aliphatic rings. The molecule has 0 heterocycles. The molecular weight excluding hydrogens is 296 g/mol. The summed E-state index contributed by atoms with van der Waals surface area (Å²) in [5.74, 6) is 1.18. The number of aliphatic hydroxyl groups excluding tert-OH is 1. The lowest BCUT2D eigenvalue weighted by molar-refractivity contribution is -0.107. The quantitative estimate of drug-likeness (QED) is 0.795. The Kier molecular flexibility index (Phi) is 5.98. The normalized spacial score (nSPS) is 12.3. The van der Waals surface area contributed by atoms with Crippen LogP contribution in [0.25, 0.3) is 0 Å². The van der Waals surface area contributed by atoms with Gasteiger partial charge >= 0.3 is 0 Å². The first kappa shape index (κ1) is 17.3. The highest BCUT2D eigenvalue weighted by atomic mass is 16.7. The molecule has 23 heavy (non-hydrogen) atoms. The van der Waals surface area contributed by atoms with Crippen LogP contribution in [0.5, 0.6) is 11.5 Å². The fourth-order valence-corrected chi connectivity index (χ4v) is 2.53. The second-order valence-corrected chi connectivity index (χ2v) is 4.95. The highest BCUT2D eigenvalue weighted by molar-refractivity contribution is 5.46. The summed E-state index contributed by atoms with van der Waals surface area (Å²) in [5.41, 5.74) is 2.19. The smallest absolute Gasteiger partial charge is 0.183 e. The molecule has 0 spiro atoms. The molecule has 0 radical (unpaired) electrons. The first-order chi connectivity index (χ1) is 11.2. The van der Waals surface area contributed by atoms with Gasteiger partial charge in [0.15, 0.2) is 17.8 Å². The first-order valence-corrected chi connectivity index (χ1v) is 7.20. The molecule has 0 saturated carbocycles. The third-order valence-electron chi connectivity index (χ3n) is 3.70. The van der Waals surface area contributed by atoms with Crippen LogP contribution in [0.15, 0.2) is 42.5 Å². The maximum atomic E-state index is 10.8. The highest BCUT2D eigenvalue weighted by Gasteiger charge is 2.21. The number of methoxy groups -OCH3 is 4. The Morgan fingerprint density at radius 2 is 1.39 bits per heavy atom. The summed E-state index contributed by atoms with van der Waals surface area (Å²) in [6.45, 7) is 0. The van der Waals surface area contributed by atoms with Crippen LogP contribution in [0.2, 0.25) is 0 Å². The lowest BCUT2D eigenvalue weighted by Crippen LogP contribution is -2.11. The molecule has 2 rings (SSSR count). The maximum Gasteiger partial charge on any atom is 0.183 e. The van der Waals surface area contributed by atoms with Crippen molar-refractivity contribution in [1.82, 2.24) is 0 Å². The van der Waals surface area contributed by atoms with Gasteiger partial charge in [-0.1, -0.05) is 30.3 Å². The molecule has 1 N–H and O–H groups in total. The van der Waals surface area contributed by atoms with E-state index >= 15 is 0 Å². The lowest BCUT2D eigenvalue weighted by atomic mass is 9.96. The lowest BCUT2D eigenvalue weighted by Gasteiger charge is -2.21. The van der Waals surface area contributed by atoms with Gasteiger partial charge < -0.3 is 24.1 Å². The fraction of sp³-hybridized carbons (Fsp3) is 0.333. The molecule has 0 aliphatic carbocycles.